The van der Waals surface area contributed by atoms with Crippen molar-refractivity contribution < 1.29 is 9.53 Å². The first-order chi connectivity index (χ1) is 14.7. The number of hydrogen-bond donors (Lipinski definition) is 1. The molecular formula is C26H20N2O2. The second-order valence-electron chi connectivity index (χ2n) is 7.12. The van der Waals surface area contributed by atoms with Crippen LogP contribution in [0.3, 0.4) is 0 Å². The van der Waals surface area contributed by atoms with E-state index < -0.39 is 6.09 Å². The van der Waals surface area contributed by atoms with Crippen molar-refractivity contribution in [2.45, 2.75) is 12.8 Å². The van der Waals surface area contributed by atoms with Crippen LogP contribution in [-0.2, 0) is 4.74 Å². The predicted molar refractivity (Wildman–Crippen MR) is 116 cm³/mol. The minimum Gasteiger partial charge on any atom is -0.449 e. The fourth-order valence-corrected chi connectivity index (χ4v) is 3.78. The van der Waals surface area contributed by atoms with Crippen LogP contribution in [0, 0.1) is 30.1 Å². The summed E-state index contributed by atoms with van der Waals surface area (Å²) in [5.41, 5.74) is 7.14. The van der Waals surface area contributed by atoms with Gasteiger partial charge in [-0.25, -0.2) is 4.79 Å². The van der Waals surface area contributed by atoms with Gasteiger partial charge in [0.25, 0.3) is 0 Å². The average Bonchev–Trinajstić information content (AvgIpc) is 3.10. The maximum Gasteiger partial charge on any atom is 0.407 e. The molecule has 30 heavy (non-hydrogen) atoms. The van der Waals surface area contributed by atoms with Crippen LogP contribution in [-0.4, -0.2) is 19.2 Å². The zero-order valence-electron chi connectivity index (χ0n) is 16.6. The molecule has 0 aromatic heterocycles. The normalized spacial score (nSPS) is 11.5. The van der Waals surface area contributed by atoms with E-state index in [1.165, 1.54) is 22.3 Å². The van der Waals surface area contributed by atoms with E-state index in [4.69, 9.17) is 10.00 Å². The Balaban J connectivity index is 1.35. The molecule has 0 fully saturated rings. The molecule has 0 aliphatic heterocycles. The molecule has 4 heteroatoms. The molecule has 0 heterocycles. The van der Waals surface area contributed by atoms with Gasteiger partial charge in [-0.15, -0.1) is 0 Å². The van der Waals surface area contributed by atoms with Crippen LogP contribution in [0.1, 0.15) is 33.7 Å². The molecule has 0 atom stereocenters. The molecule has 146 valence electrons. The molecule has 1 N–H and O–H groups in total. The third-order valence-corrected chi connectivity index (χ3v) is 5.24. The number of nitrogens with one attached hydrogen (secondary N) is 1. The number of nitriles is 1. The molecule has 4 nitrogen and oxygen atoms in total. The van der Waals surface area contributed by atoms with E-state index in [1.54, 1.807) is 12.1 Å². The molecule has 1 aliphatic rings. The van der Waals surface area contributed by atoms with Gasteiger partial charge in [-0.3, -0.25) is 0 Å². The van der Waals surface area contributed by atoms with Gasteiger partial charge in [0.1, 0.15) is 6.61 Å². The highest BCUT2D eigenvalue weighted by atomic mass is 16.5. The fraction of sp³-hybridized carbons (Fsp3) is 0.154. The Bertz CT molecular complexity index is 1170. The van der Waals surface area contributed by atoms with Gasteiger partial charge in [0.05, 0.1) is 18.2 Å². The molecule has 0 radical (unpaired) electrons. The van der Waals surface area contributed by atoms with E-state index in [0.29, 0.717) is 5.56 Å². The van der Waals surface area contributed by atoms with Gasteiger partial charge in [-0.1, -0.05) is 60.4 Å². The summed E-state index contributed by atoms with van der Waals surface area (Å²) in [5, 5.41) is 11.6. The molecule has 0 bridgehead atoms. The minimum absolute atomic E-state index is 0.0375. The van der Waals surface area contributed by atoms with E-state index in [1.807, 2.05) is 37.3 Å². The number of nitrogens with zero attached hydrogens (tertiary/aromatic N) is 1. The average molecular weight is 392 g/mol. The van der Waals surface area contributed by atoms with Crippen LogP contribution in [0.25, 0.3) is 11.1 Å². The maximum absolute atomic E-state index is 12.1. The van der Waals surface area contributed by atoms with Gasteiger partial charge in [0.15, 0.2) is 0 Å². The number of alkyl carbamates (subject to hydrolysis) is 1. The van der Waals surface area contributed by atoms with E-state index in [0.717, 1.165) is 11.1 Å². The molecule has 3 aromatic carbocycles. The molecule has 3 aromatic rings. The number of ether oxygens (including phenoxy) is 1. The van der Waals surface area contributed by atoms with Gasteiger partial charge >= 0.3 is 6.09 Å². The zero-order chi connectivity index (χ0) is 20.9. The SMILES string of the molecule is Cc1cc(C#N)ccc1C#CCNC(=O)OCC1c2ccccc2-c2ccccc21. The highest BCUT2D eigenvalue weighted by Gasteiger charge is 2.28. The number of carbonyl (C=O) groups excluding carboxylic acids is 1. The number of rotatable bonds is 3. The molecule has 0 saturated carbocycles. The van der Waals surface area contributed by atoms with Gasteiger partial charge < -0.3 is 10.1 Å². The van der Waals surface area contributed by atoms with E-state index in [-0.39, 0.29) is 19.1 Å². The van der Waals surface area contributed by atoms with E-state index in [9.17, 15) is 4.79 Å². The Hall–Kier alpha value is -4.02. The van der Waals surface area contributed by atoms with Crippen molar-refractivity contribution in [1.82, 2.24) is 5.32 Å². The molecule has 4 rings (SSSR count). The first kappa shape index (κ1) is 19.3. The lowest BCUT2D eigenvalue weighted by molar-refractivity contribution is 0.144. The summed E-state index contributed by atoms with van der Waals surface area (Å²) in [6.07, 6.45) is -0.484. The Morgan fingerprint density at radius 1 is 1.03 bits per heavy atom. The van der Waals surface area contributed by atoms with E-state index >= 15 is 0 Å². The summed E-state index contributed by atoms with van der Waals surface area (Å²) >= 11 is 0. The summed E-state index contributed by atoms with van der Waals surface area (Å²) in [6.45, 7) is 2.38. The van der Waals surface area contributed by atoms with Gasteiger partial charge in [0, 0.05) is 11.5 Å². The van der Waals surface area contributed by atoms with Gasteiger partial charge in [-0.05, 0) is 52.9 Å². The smallest absolute Gasteiger partial charge is 0.407 e. The van der Waals surface area contributed by atoms with Crippen molar-refractivity contribution >= 4 is 6.09 Å². The number of aryl methyl sites for hydroxylation is 1. The van der Waals surface area contributed by atoms with Gasteiger partial charge in [-0.2, -0.15) is 5.26 Å². The summed E-state index contributed by atoms with van der Waals surface area (Å²) in [6, 6.07) is 23.9. The lowest BCUT2D eigenvalue weighted by Gasteiger charge is -2.14. The Labute approximate surface area is 176 Å². The fourth-order valence-electron chi connectivity index (χ4n) is 3.78. The summed E-state index contributed by atoms with van der Waals surface area (Å²) in [5.74, 6) is 5.98. The van der Waals surface area contributed by atoms with Crippen LogP contribution < -0.4 is 5.32 Å². The first-order valence-electron chi connectivity index (χ1n) is 9.76. The monoisotopic (exact) mass is 392 g/mol. The standard InChI is InChI=1S/C26H20N2O2/c1-18-15-19(16-27)12-13-20(18)7-6-14-28-26(29)30-17-25-23-10-4-2-8-21(23)22-9-3-5-11-24(22)25/h2-5,8-13,15,25H,14,17H2,1H3,(H,28,29). The lowest BCUT2D eigenvalue weighted by atomic mass is 9.98. The van der Waals surface area contributed by atoms with Crippen LogP contribution >= 0.6 is 0 Å². The zero-order valence-corrected chi connectivity index (χ0v) is 16.6. The highest BCUT2D eigenvalue weighted by molar-refractivity contribution is 5.79. The molecular weight excluding hydrogens is 372 g/mol. The topological polar surface area (TPSA) is 62.1 Å². The Morgan fingerprint density at radius 2 is 1.70 bits per heavy atom. The second kappa shape index (κ2) is 8.55. The quantitative estimate of drug-likeness (QED) is 0.654. The molecule has 0 spiro atoms. The van der Waals surface area contributed by atoms with Crippen molar-refractivity contribution in [2.24, 2.45) is 0 Å². The van der Waals surface area contributed by atoms with Crippen molar-refractivity contribution in [3.05, 3.63) is 94.5 Å². The number of fused-ring (bicyclic) bond motifs is 3. The van der Waals surface area contributed by atoms with Crippen LogP contribution in [0.15, 0.2) is 66.7 Å². The Morgan fingerprint density at radius 3 is 2.33 bits per heavy atom. The molecule has 0 saturated heterocycles. The number of carbonyl (C=O) groups is 1. The first-order valence-corrected chi connectivity index (χ1v) is 9.76. The van der Waals surface area contributed by atoms with Crippen LogP contribution in [0.5, 0.6) is 0 Å². The van der Waals surface area contributed by atoms with E-state index in [2.05, 4.69) is 47.5 Å². The molecule has 1 amide bonds. The molecule has 0 unspecified atom stereocenters. The molecule has 1 aliphatic carbocycles. The highest BCUT2D eigenvalue weighted by Crippen LogP contribution is 2.44. The number of hydrogen-bond acceptors (Lipinski definition) is 3. The summed E-state index contributed by atoms with van der Waals surface area (Å²) < 4.78 is 5.49. The maximum atomic E-state index is 12.1. The lowest BCUT2D eigenvalue weighted by Crippen LogP contribution is -2.26. The largest absolute Gasteiger partial charge is 0.449 e. The summed E-state index contributed by atoms with van der Waals surface area (Å²) in [4.78, 5) is 12.1. The third-order valence-electron chi connectivity index (χ3n) is 5.24. The second-order valence-corrected chi connectivity index (χ2v) is 7.12. The van der Waals surface area contributed by atoms with Crippen LogP contribution in [0.2, 0.25) is 0 Å². The van der Waals surface area contributed by atoms with Crippen molar-refractivity contribution in [2.75, 3.05) is 13.2 Å². The van der Waals surface area contributed by atoms with Crippen molar-refractivity contribution in [1.29, 1.82) is 5.26 Å². The van der Waals surface area contributed by atoms with Gasteiger partial charge in [0.2, 0.25) is 0 Å². The number of benzene rings is 3. The summed E-state index contributed by atoms with van der Waals surface area (Å²) in [7, 11) is 0. The predicted octanol–water partition coefficient (Wildman–Crippen LogP) is 4.76. The Kier molecular flexibility index (Phi) is 5.50. The van der Waals surface area contributed by atoms with Crippen LogP contribution in [0.4, 0.5) is 4.79 Å². The third kappa shape index (κ3) is 3.90. The van der Waals surface area contributed by atoms with Crippen molar-refractivity contribution in [3.8, 4) is 29.0 Å². The minimum atomic E-state index is -0.484. The number of amides is 1. The van der Waals surface area contributed by atoms with Crippen molar-refractivity contribution in [3.63, 3.8) is 0 Å².